The third-order valence-corrected chi connectivity index (χ3v) is 10.3. The van der Waals surface area contributed by atoms with Crippen LogP contribution in [0.4, 0.5) is 5.82 Å². The Morgan fingerprint density at radius 1 is 0.863 bits per heavy atom. The van der Waals surface area contributed by atoms with Crippen molar-refractivity contribution in [1.29, 1.82) is 0 Å². The number of rotatable bonds is 8. The van der Waals surface area contributed by atoms with E-state index < -0.39 is 0 Å². The first-order valence-electron chi connectivity index (χ1n) is 17.0. The van der Waals surface area contributed by atoms with Gasteiger partial charge >= 0.3 is 0 Å². The number of hydrogen-bond donors (Lipinski definition) is 1. The van der Waals surface area contributed by atoms with E-state index in [1.165, 1.54) is 10.9 Å². The lowest BCUT2D eigenvalue weighted by Crippen LogP contribution is -2.54. The molecule has 4 heterocycles. The van der Waals surface area contributed by atoms with Gasteiger partial charge in [-0.2, -0.15) is 4.98 Å². The summed E-state index contributed by atoms with van der Waals surface area (Å²) >= 11 is 7.11. The number of amides is 1. The number of nitrogens with zero attached hydrogens (tertiary/aromatic N) is 6. The zero-order chi connectivity index (χ0) is 34.3. The van der Waals surface area contributed by atoms with Gasteiger partial charge in [-0.05, 0) is 63.0 Å². The first kappa shape index (κ1) is 31.3. The van der Waals surface area contributed by atoms with Crippen LogP contribution < -0.4 is 19.7 Å². The maximum absolute atomic E-state index is 13.7. The minimum atomic E-state index is -0.147. The van der Waals surface area contributed by atoms with Crippen LogP contribution in [0.3, 0.4) is 0 Å². The van der Waals surface area contributed by atoms with E-state index in [-0.39, 0.29) is 25.2 Å². The number of nitrogens with one attached hydrogen (secondary N) is 1. The molecule has 0 spiro atoms. The first-order valence-corrected chi connectivity index (χ1v) is 17.4. The average Bonchev–Trinajstić information content (AvgIpc) is 3.88. The number of aromatic nitrogens is 4. The number of carbonyl (C=O) groups is 1. The van der Waals surface area contributed by atoms with Crippen molar-refractivity contribution in [2.24, 2.45) is 0 Å². The molecule has 7 aromatic rings. The second-order valence-electron chi connectivity index (χ2n) is 13.0. The van der Waals surface area contributed by atoms with E-state index in [2.05, 4.69) is 79.7 Å². The number of ether oxygens (including phenoxy) is 2. The zero-order valence-corrected chi connectivity index (χ0v) is 28.5. The van der Waals surface area contributed by atoms with E-state index in [4.69, 9.17) is 26.1 Å². The minimum Gasteiger partial charge on any atom is -0.454 e. The molecule has 1 fully saturated rings. The molecule has 1 N–H and O–H groups in total. The second kappa shape index (κ2) is 13.2. The molecule has 11 heteroatoms. The molecule has 0 bridgehead atoms. The summed E-state index contributed by atoms with van der Waals surface area (Å²) < 4.78 is 12.8. The van der Waals surface area contributed by atoms with Gasteiger partial charge < -0.3 is 19.7 Å². The molecule has 2 aliphatic heterocycles. The van der Waals surface area contributed by atoms with Crippen molar-refractivity contribution in [3.63, 3.8) is 0 Å². The van der Waals surface area contributed by atoms with Crippen molar-refractivity contribution in [2.45, 2.75) is 25.6 Å². The molecule has 51 heavy (non-hydrogen) atoms. The van der Waals surface area contributed by atoms with Crippen LogP contribution in [0.1, 0.15) is 17.5 Å². The average molecular weight is 696 g/mol. The summed E-state index contributed by atoms with van der Waals surface area (Å²) in [6, 6.07) is 28.8. The SMILES string of the molecule is O=C(CC1CN(Cc2c3ccccc3c(Cl)c3cc4ccccc4cc23)CCN1c1ccnc(-n2ccnc2)n1)NCc1ccc2c(c1)OCO2. The molecule has 2 aliphatic rings. The normalized spacial score (nSPS) is 15.9. The predicted octanol–water partition coefficient (Wildman–Crippen LogP) is 6.90. The van der Waals surface area contributed by atoms with E-state index in [1.807, 2.05) is 36.5 Å². The summed E-state index contributed by atoms with van der Waals surface area (Å²) in [5.74, 6) is 2.68. The topological polar surface area (TPSA) is 97.6 Å². The largest absolute Gasteiger partial charge is 0.454 e. The Labute approximate surface area is 299 Å². The van der Waals surface area contributed by atoms with Gasteiger partial charge in [0.15, 0.2) is 11.5 Å². The van der Waals surface area contributed by atoms with Gasteiger partial charge in [0.2, 0.25) is 18.6 Å². The molecule has 9 rings (SSSR count). The zero-order valence-electron chi connectivity index (χ0n) is 27.7. The van der Waals surface area contributed by atoms with Crippen LogP contribution in [-0.4, -0.2) is 62.8 Å². The Balaban J connectivity index is 1.03. The van der Waals surface area contributed by atoms with Crippen LogP contribution >= 0.6 is 11.6 Å². The summed E-state index contributed by atoms with van der Waals surface area (Å²) in [4.78, 5) is 31.9. The first-order chi connectivity index (χ1) is 25.1. The monoisotopic (exact) mass is 695 g/mol. The number of hydrogen-bond acceptors (Lipinski definition) is 8. The van der Waals surface area contributed by atoms with Crippen LogP contribution in [-0.2, 0) is 17.9 Å². The Kier molecular flexibility index (Phi) is 8.10. The van der Waals surface area contributed by atoms with Crippen molar-refractivity contribution >= 4 is 55.6 Å². The molecule has 0 radical (unpaired) electrons. The van der Waals surface area contributed by atoms with Crippen LogP contribution in [0.15, 0.2) is 110 Å². The van der Waals surface area contributed by atoms with Gasteiger partial charge in [0, 0.05) is 68.5 Å². The molecule has 5 aromatic carbocycles. The van der Waals surface area contributed by atoms with Crippen LogP contribution in [0.5, 0.6) is 11.5 Å². The molecular formula is C40H34ClN7O3. The Bertz CT molecular complexity index is 2420. The van der Waals surface area contributed by atoms with Crippen molar-refractivity contribution in [3.05, 3.63) is 126 Å². The number of imidazole rings is 1. The summed E-state index contributed by atoms with van der Waals surface area (Å²) in [7, 11) is 0. The van der Waals surface area contributed by atoms with E-state index in [0.717, 1.165) is 55.6 Å². The molecule has 254 valence electrons. The fourth-order valence-electron chi connectivity index (χ4n) is 7.37. The smallest absolute Gasteiger partial charge is 0.236 e. The van der Waals surface area contributed by atoms with Gasteiger partial charge in [-0.3, -0.25) is 14.3 Å². The number of fused-ring (bicyclic) bond motifs is 4. The highest BCUT2D eigenvalue weighted by atomic mass is 35.5. The van der Waals surface area contributed by atoms with E-state index >= 15 is 0 Å². The number of piperazine rings is 1. The third-order valence-electron chi connectivity index (χ3n) is 9.89. The molecule has 1 saturated heterocycles. The highest BCUT2D eigenvalue weighted by Crippen LogP contribution is 2.39. The van der Waals surface area contributed by atoms with Crippen molar-refractivity contribution in [2.75, 3.05) is 31.3 Å². The molecule has 1 amide bonds. The van der Waals surface area contributed by atoms with Crippen LogP contribution in [0.2, 0.25) is 5.02 Å². The number of anilines is 1. The lowest BCUT2D eigenvalue weighted by molar-refractivity contribution is -0.121. The van der Waals surface area contributed by atoms with Crippen LogP contribution in [0, 0.1) is 0 Å². The molecule has 0 saturated carbocycles. The van der Waals surface area contributed by atoms with Crippen molar-refractivity contribution < 1.29 is 14.3 Å². The Hall–Kier alpha value is -5.71. The summed E-state index contributed by atoms with van der Waals surface area (Å²) in [6.07, 6.45) is 7.26. The molecule has 1 unspecified atom stereocenters. The lowest BCUT2D eigenvalue weighted by atomic mass is 9.93. The summed E-state index contributed by atoms with van der Waals surface area (Å²) in [5.41, 5.74) is 2.18. The maximum Gasteiger partial charge on any atom is 0.236 e. The van der Waals surface area contributed by atoms with Gasteiger partial charge in [0.05, 0.1) is 11.1 Å². The van der Waals surface area contributed by atoms with Gasteiger partial charge in [-0.1, -0.05) is 66.2 Å². The Morgan fingerprint density at radius 3 is 2.51 bits per heavy atom. The lowest BCUT2D eigenvalue weighted by Gasteiger charge is -2.42. The van der Waals surface area contributed by atoms with Gasteiger partial charge in [-0.25, -0.2) is 9.97 Å². The second-order valence-corrected chi connectivity index (χ2v) is 13.4. The fourth-order valence-corrected chi connectivity index (χ4v) is 7.69. The molecule has 10 nitrogen and oxygen atoms in total. The number of halogens is 1. The van der Waals surface area contributed by atoms with Gasteiger partial charge in [0.1, 0.15) is 12.1 Å². The quantitative estimate of drug-likeness (QED) is 0.172. The fraction of sp³-hybridized carbons (Fsp3) is 0.200. The van der Waals surface area contributed by atoms with Crippen molar-refractivity contribution in [3.8, 4) is 17.4 Å². The van der Waals surface area contributed by atoms with Crippen LogP contribution in [0.25, 0.3) is 38.3 Å². The van der Waals surface area contributed by atoms with Gasteiger partial charge in [0.25, 0.3) is 0 Å². The Morgan fingerprint density at radius 2 is 1.67 bits per heavy atom. The maximum atomic E-state index is 13.7. The van der Waals surface area contributed by atoms with E-state index in [0.29, 0.717) is 37.9 Å². The van der Waals surface area contributed by atoms with Gasteiger partial charge in [-0.15, -0.1) is 0 Å². The predicted molar refractivity (Wildman–Crippen MR) is 199 cm³/mol. The highest BCUT2D eigenvalue weighted by molar-refractivity contribution is 6.41. The molecule has 0 aliphatic carbocycles. The number of carbonyl (C=O) groups excluding carboxylic acids is 1. The van der Waals surface area contributed by atoms with Crippen molar-refractivity contribution in [1.82, 2.24) is 29.7 Å². The standard InChI is InChI=1S/C40H34ClN7O3/c41-39-31-8-4-3-7-30(31)34(32-18-27-5-1-2-6-28(27)19-33(32)39)23-46-15-16-48(37-11-12-43-40(45-37)47-14-13-42-24-47)29(22-46)20-38(49)44-21-26-9-10-35-36(17-26)51-25-50-35/h1-14,17-19,24,29H,15-16,20-23,25H2,(H,44,49). The number of benzene rings is 5. The molecule has 2 aromatic heterocycles. The summed E-state index contributed by atoms with van der Waals surface area (Å²) in [5, 5.41) is 10.6. The molecule has 1 atom stereocenters. The van der Waals surface area contributed by atoms with E-state index in [9.17, 15) is 4.79 Å². The summed E-state index contributed by atoms with van der Waals surface area (Å²) in [6.45, 7) is 3.44. The molecular weight excluding hydrogens is 662 g/mol. The van der Waals surface area contributed by atoms with E-state index in [1.54, 1.807) is 23.3 Å². The highest BCUT2D eigenvalue weighted by Gasteiger charge is 2.31. The third kappa shape index (κ3) is 6.06. The minimum absolute atomic E-state index is 0.0396.